The molecule has 0 saturated heterocycles. The first kappa shape index (κ1) is 19.7. The number of nitrogens with one attached hydrogen (secondary N) is 2. The number of carboxylic acid groups (broad SMARTS) is 1. The number of carbonyl (C=O) groups is 2. The molecule has 0 aliphatic carbocycles. The van der Waals surface area contributed by atoms with E-state index in [-0.39, 0.29) is 18.5 Å². The highest BCUT2D eigenvalue weighted by molar-refractivity contribution is 5.74. The minimum Gasteiger partial charge on any atom is -0.481 e. The summed E-state index contributed by atoms with van der Waals surface area (Å²) in [7, 11) is 0. The maximum atomic E-state index is 11.7. The smallest absolute Gasteiger partial charge is 0.315 e. The number of carboxylic acids is 1. The van der Waals surface area contributed by atoms with Gasteiger partial charge in [-0.15, -0.1) is 0 Å². The summed E-state index contributed by atoms with van der Waals surface area (Å²) in [6.07, 6.45) is 3.71. The molecule has 0 rings (SSSR count). The average Bonchev–Trinajstić information content (AvgIpc) is 2.42. The van der Waals surface area contributed by atoms with Crippen LogP contribution in [0.25, 0.3) is 0 Å². The molecule has 2 unspecified atom stereocenters. The fourth-order valence-electron chi connectivity index (χ4n) is 2.17. The molecule has 3 N–H and O–H groups in total. The van der Waals surface area contributed by atoms with E-state index >= 15 is 0 Å². The van der Waals surface area contributed by atoms with Gasteiger partial charge in [-0.2, -0.15) is 0 Å². The standard InChI is InChI=1S/C15H30N2O4/c1-4-6-13(7-8-14(18)19)9-10-16-15(20)17-12(3)11-21-5-2/h12-13H,4-11H2,1-3H3,(H,18,19)(H2,16,17,20). The van der Waals surface area contributed by atoms with Crippen LogP contribution < -0.4 is 10.6 Å². The summed E-state index contributed by atoms with van der Waals surface area (Å²) in [6.45, 7) is 7.59. The number of urea groups is 1. The molecule has 124 valence electrons. The maximum Gasteiger partial charge on any atom is 0.315 e. The van der Waals surface area contributed by atoms with Gasteiger partial charge in [0, 0.05) is 19.6 Å². The maximum absolute atomic E-state index is 11.7. The highest BCUT2D eigenvalue weighted by Crippen LogP contribution is 2.17. The summed E-state index contributed by atoms with van der Waals surface area (Å²) in [5.74, 6) is -0.404. The van der Waals surface area contributed by atoms with Crippen LogP contribution in [0.2, 0.25) is 0 Å². The van der Waals surface area contributed by atoms with E-state index in [0.29, 0.717) is 32.1 Å². The number of hydrogen-bond acceptors (Lipinski definition) is 3. The van der Waals surface area contributed by atoms with Crippen LogP contribution in [-0.2, 0) is 9.53 Å². The van der Waals surface area contributed by atoms with Gasteiger partial charge in [-0.25, -0.2) is 4.79 Å². The third-order valence-corrected chi connectivity index (χ3v) is 3.25. The molecule has 2 amide bonds. The lowest BCUT2D eigenvalue weighted by Gasteiger charge is -2.17. The molecular formula is C15H30N2O4. The van der Waals surface area contributed by atoms with E-state index in [1.54, 1.807) is 0 Å². The third kappa shape index (κ3) is 12.2. The van der Waals surface area contributed by atoms with Crippen molar-refractivity contribution in [1.29, 1.82) is 0 Å². The molecule has 0 spiro atoms. The van der Waals surface area contributed by atoms with Crippen LogP contribution in [-0.4, -0.2) is 42.9 Å². The van der Waals surface area contributed by atoms with Crippen molar-refractivity contribution < 1.29 is 19.4 Å². The monoisotopic (exact) mass is 302 g/mol. The zero-order valence-electron chi connectivity index (χ0n) is 13.5. The van der Waals surface area contributed by atoms with Crippen molar-refractivity contribution in [2.75, 3.05) is 19.8 Å². The quantitative estimate of drug-likeness (QED) is 0.516. The summed E-state index contributed by atoms with van der Waals surface area (Å²) >= 11 is 0. The number of aliphatic carboxylic acids is 1. The highest BCUT2D eigenvalue weighted by atomic mass is 16.5. The molecule has 0 radical (unpaired) electrons. The summed E-state index contributed by atoms with van der Waals surface area (Å²) in [4.78, 5) is 22.3. The first-order valence-corrected chi connectivity index (χ1v) is 7.83. The molecular weight excluding hydrogens is 272 g/mol. The van der Waals surface area contributed by atoms with Crippen molar-refractivity contribution in [2.45, 2.75) is 58.9 Å². The summed E-state index contributed by atoms with van der Waals surface area (Å²) in [6, 6.07) is -0.223. The van der Waals surface area contributed by atoms with E-state index in [4.69, 9.17) is 9.84 Å². The fraction of sp³-hybridized carbons (Fsp3) is 0.867. The second-order valence-corrected chi connectivity index (χ2v) is 5.34. The van der Waals surface area contributed by atoms with Crippen LogP contribution in [0.4, 0.5) is 4.79 Å². The van der Waals surface area contributed by atoms with Crippen LogP contribution in [0, 0.1) is 5.92 Å². The van der Waals surface area contributed by atoms with Crippen LogP contribution in [0.1, 0.15) is 52.9 Å². The molecule has 0 heterocycles. The Balaban J connectivity index is 3.85. The van der Waals surface area contributed by atoms with Gasteiger partial charge in [0.05, 0.1) is 12.6 Å². The lowest BCUT2D eigenvalue weighted by atomic mass is 9.94. The van der Waals surface area contributed by atoms with E-state index in [2.05, 4.69) is 17.6 Å². The Hall–Kier alpha value is -1.30. The van der Waals surface area contributed by atoms with Gasteiger partial charge in [0.25, 0.3) is 0 Å². The molecule has 0 aliphatic heterocycles. The Morgan fingerprint density at radius 1 is 1.19 bits per heavy atom. The van der Waals surface area contributed by atoms with Crippen LogP contribution >= 0.6 is 0 Å². The molecule has 0 aromatic heterocycles. The Bertz CT molecular complexity index is 297. The number of hydrogen-bond donors (Lipinski definition) is 3. The minimum absolute atomic E-state index is 0.0246. The van der Waals surface area contributed by atoms with E-state index < -0.39 is 5.97 Å². The number of carbonyl (C=O) groups excluding carboxylic acids is 1. The molecule has 0 aromatic rings. The normalized spacial score (nSPS) is 13.5. The lowest BCUT2D eigenvalue weighted by molar-refractivity contribution is -0.137. The van der Waals surface area contributed by atoms with E-state index in [9.17, 15) is 9.59 Å². The van der Waals surface area contributed by atoms with Crippen LogP contribution in [0.5, 0.6) is 0 Å². The van der Waals surface area contributed by atoms with Crippen LogP contribution in [0.3, 0.4) is 0 Å². The van der Waals surface area contributed by atoms with Crippen molar-refractivity contribution in [1.82, 2.24) is 10.6 Å². The van der Waals surface area contributed by atoms with Crippen molar-refractivity contribution >= 4 is 12.0 Å². The first-order valence-electron chi connectivity index (χ1n) is 7.83. The van der Waals surface area contributed by atoms with Gasteiger partial charge < -0.3 is 20.5 Å². The van der Waals surface area contributed by atoms with E-state index in [1.165, 1.54) is 0 Å². The minimum atomic E-state index is -0.758. The SMILES string of the molecule is CCCC(CCNC(=O)NC(C)COCC)CCC(=O)O. The predicted octanol–water partition coefficient (Wildman–Crippen LogP) is 2.38. The molecule has 2 atom stereocenters. The van der Waals surface area contributed by atoms with Gasteiger partial charge in [0.15, 0.2) is 0 Å². The Morgan fingerprint density at radius 3 is 2.48 bits per heavy atom. The van der Waals surface area contributed by atoms with Crippen molar-refractivity contribution in [3.63, 3.8) is 0 Å². The molecule has 6 nitrogen and oxygen atoms in total. The number of amides is 2. The second kappa shape index (κ2) is 12.4. The zero-order valence-corrected chi connectivity index (χ0v) is 13.5. The van der Waals surface area contributed by atoms with Crippen molar-refractivity contribution in [3.8, 4) is 0 Å². The van der Waals surface area contributed by atoms with E-state index in [1.807, 2.05) is 13.8 Å². The van der Waals surface area contributed by atoms with Gasteiger partial charge in [-0.05, 0) is 32.6 Å². The van der Waals surface area contributed by atoms with Crippen LogP contribution in [0.15, 0.2) is 0 Å². The Labute approximate surface area is 127 Å². The van der Waals surface area contributed by atoms with Gasteiger partial charge in [-0.1, -0.05) is 19.8 Å². The summed E-state index contributed by atoms with van der Waals surface area (Å²) < 4.78 is 5.23. The average molecular weight is 302 g/mol. The molecule has 0 fully saturated rings. The topological polar surface area (TPSA) is 87.7 Å². The number of rotatable bonds is 12. The molecule has 6 heteroatoms. The molecule has 0 bridgehead atoms. The zero-order chi connectivity index (χ0) is 16.1. The lowest BCUT2D eigenvalue weighted by Crippen LogP contribution is -2.43. The largest absolute Gasteiger partial charge is 0.481 e. The van der Waals surface area contributed by atoms with Gasteiger partial charge >= 0.3 is 12.0 Å². The fourth-order valence-corrected chi connectivity index (χ4v) is 2.17. The molecule has 0 saturated carbocycles. The van der Waals surface area contributed by atoms with Crippen molar-refractivity contribution in [2.24, 2.45) is 5.92 Å². The highest BCUT2D eigenvalue weighted by Gasteiger charge is 2.11. The van der Waals surface area contributed by atoms with Crippen molar-refractivity contribution in [3.05, 3.63) is 0 Å². The molecule has 0 aliphatic rings. The van der Waals surface area contributed by atoms with Gasteiger partial charge in [0.1, 0.15) is 0 Å². The summed E-state index contributed by atoms with van der Waals surface area (Å²) in [5, 5.41) is 14.3. The van der Waals surface area contributed by atoms with Gasteiger partial charge in [0.2, 0.25) is 0 Å². The Kier molecular flexibility index (Phi) is 11.7. The van der Waals surface area contributed by atoms with E-state index in [0.717, 1.165) is 19.3 Å². The Morgan fingerprint density at radius 2 is 1.90 bits per heavy atom. The molecule has 0 aromatic carbocycles. The predicted molar refractivity (Wildman–Crippen MR) is 82.4 cm³/mol. The second-order valence-electron chi connectivity index (χ2n) is 5.34. The number of ether oxygens (including phenoxy) is 1. The first-order chi connectivity index (χ1) is 9.99. The third-order valence-electron chi connectivity index (χ3n) is 3.25. The summed E-state index contributed by atoms with van der Waals surface area (Å²) in [5.41, 5.74) is 0. The molecule has 21 heavy (non-hydrogen) atoms. The van der Waals surface area contributed by atoms with Gasteiger partial charge in [-0.3, -0.25) is 4.79 Å².